The number of nitrogens with zero attached hydrogens (tertiary/aromatic N) is 1. The Kier molecular flexibility index (Phi) is 7.00. The van der Waals surface area contributed by atoms with Crippen molar-refractivity contribution < 1.29 is 14.3 Å². The minimum absolute atomic E-state index is 0.0461. The van der Waals surface area contributed by atoms with Crippen LogP contribution in [-0.4, -0.2) is 25.3 Å². The summed E-state index contributed by atoms with van der Waals surface area (Å²) in [6, 6.07) is 27.1. The number of carbonyl (C=O) groups is 2. The predicted octanol–water partition coefficient (Wildman–Crippen LogP) is 5.89. The molecule has 1 fully saturated rings. The fraction of sp³-hybridized carbons (Fsp3) is 0.286. The van der Waals surface area contributed by atoms with Gasteiger partial charge in [0.05, 0.1) is 7.11 Å². The number of ether oxygens (including phenoxy) is 1. The van der Waals surface area contributed by atoms with Crippen molar-refractivity contribution in [1.29, 1.82) is 0 Å². The summed E-state index contributed by atoms with van der Waals surface area (Å²) in [6.07, 6.45) is 3.03. The number of benzene rings is 3. The van der Waals surface area contributed by atoms with E-state index in [0.29, 0.717) is 18.5 Å². The monoisotopic (exact) mass is 427 g/mol. The second-order valence-electron chi connectivity index (χ2n) is 8.30. The molecule has 32 heavy (non-hydrogen) atoms. The van der Waals surface area contributed by atoms with Crippen LogP contribution in [0, 0.1) is 5.92 Å². The highest BCUT2D eigenvalue weighted by Crippen LogP contribution is 2.37. The number of methoxy groups -OCH3 is 1. The van der Waals surface area contributed by atoms with Crippen LogP contribution in [0.3, 0.4) is 0 Å². The number of carbonyl (C=O) groups excluding carboxylic acids is 2. The molecule has 0 aromatic heterocycles. The SMILES string of the molecule is COc1ccc(C(=O)C[C@H](c2ccccc2)[C@H]2CCCCN(c3ccccc3)C2=O)cc1. The normalized spacial score (nSPS) is 17.5. The van der Waals surface area contributed by atoms with E-state index < -0.39 is 0 Å². The quantitative estimate of drug-likeness (QED) is 0.442. The van der Waals surface area contributed by atoms with E-state index in [4.69, 9.17) is 4.74 Å². The Labute approximate surface area is 189 Å². The van der Waals surface area contributed by atoms with E-state index in [9.17, 15) is 9.59 Å². The summed E-state index contributed by atoms with van der Waals surface area (Å²) >= 11 is 0. The minimum atomic E-state index is -0.234. The topological polar surface area (TPSA) is 46.6 Å². The fourth-order valence-corrected chi connectivity index (χ4v) is 4.59. The van der Waals surface area contributed by atoms with Gasteiger partial charge in [-0.1, -0.05) is 55.0 Å². The zero-order valence-corrected chi connectivity index (χ0v) is 18.4. The van der Waals surface area contributed by atoms with Crippen molar-refractivity contribution in [2.75, 3.05) is 18.6 Å². The summed E-state index contributed by atoms with van der Waals surface area (Å²) < 4.78 is 5.21. The fourth-order valence-electron chi connectivity index (χ4n) is 4.59. The first-order valence-electron chi connectivity index (χ1n) is 11.3. The first kappa shape index (κ1) is 21.8. The Hall–Kier alpha value is -3.40. The number of amides is 1. The molecule has 4 heteroatoms. The summed E-state index contributed by atoms with van der Waals surface area (Å²) in [6.45, 7) is 0.716. The molecule has 3 aromatic rings. The lowest BCUT2D eigenvalue weighted by Gasteiger charge is -2.30. The van der Waals surface area contributed by atoms with Gasteiger partial charge < -0.3 is 9.64 Å². The van der Waals surface area contributed by atoms with E-state index in [0.717, 1.165) is 36.3 Å². The van der Waals surface area contributed by atoms with E-state index in [1.165, 1.54) is 0 Å². The van der Waals surface area contributed by atoms with Crippen LogP contribution in [0.25, 0.3) is 0 Å². The van der Waals surface area contributed by atoms with Gasteiger partial charge in [-0.2, -0.15) is 0 Å². The Bertz CT molecular complexity index is 1030. The number of hydrogen-bond donors (Lipinski definition) is 0. The highest BCUT2D eigenvalue weighted by atomic mass is 16.5. The molecule has 1 amide bonds. The van der Waals surface area contributed by atoms with Gasteiger partial charge in [-0.05, 0) is 54.8 Å². The van der Waals surface area contributed by atoms with Crippen LogP contribution in [0.1, 0.15) is 47.5 Å². The third-order valence-electron chi connectivity index (χ3n) is 6.33. The molecule has 0 unspecified atom stereocenters. The molecule has 1 aliphatic heterocycles. The molecule has 0 aliphatic carbocycles. The van der Waals surface area contributed by atoms with Crippen molar-refractivity contribution in [2.45, 2.75) is 31.6 Å². The first-order chi connectivity index (χ1) is 15.7. The van der Waals surface area contributed by atoms with Crippen LogP contribution in [-0.2, 0) is 4.79 Å². The Morgan fingerprint density at radius 3 is 2.25 bits per heavy atom. The average Bonchev–Trinajstić information content (AvgIpc) is 3.05. The van der Waals surface area contributed by atoms with E-state index in [2.05, 4.69) is 0 Å². The minimum Gasteiger partial charge on any atom is -0.497 e. The number of Topliss-reactive ketones (excluding diaryl/α,β-unsaturated/α-hetero) is 1. The molecule has 4 nitrogen and oxygen atoms in total. The van der Waals surface area contributed by atoms with Crippen molar-refractivity contribution in [1.82, 2.24) is 0 Å². The molecule has 1 aliphatic rings. The van der Waals surface area contributed by atoms with Crippen LogP contribution in [0.2, 0.25) is 0 Å². The largest absolute Gasteiger partial charge is 0.497 e. The number of anilines is 1. The summed E-state index contributed by atoms with van der Waals surface area (Å²) in [4.78, 5) is 28.9. The van der Waals surface area contributed by atoms with E-state index >= 15 is 0 Å². The molecule has 1 saturated heterocycles. The molecule has 0 bridgehead atoms. The molecular weight excluding hydrogens is 398 g/mol. The van der Waals surface area contributed by atoms with Crippen LogP contribution < -0.4 is 9.64 Å². The van der Waals surface area contributed by atoms with Crippen LogP contribution in [0.15, 0.2) is 84.9 Å². The third-order valence-corrected chi connectivity index (χ3v) is 6.33. The summed E-state index contributed by atoms with van der Waals surface area (Å²) in [5.74, 6) is 0.485. The number of hydrogen-bond acceptors (Lipinski definition) is 3. The predicted molar refractivity (Wildman–Crippen MR) is 127 cm³/mol. The van der Waals surface area contributed by atoms with E-state index in [1.54, 1.807) is 31.4 Å². The lowest BCUT2D eigenvalue weighted by Crippen LogP contribution is -2.38. The van der Waals surface area contributed by atoms with Crippen molar-refractivity contribution in [3.05, 3.63) is 96.1 Å². The molecule has 4 rings (SSSR count). The van der Waals surface area contributed by atoms with E-state index in [1.807, 2.05) is 65.6 Å². The highest BCUT2D eigenvalue weighted by molar-refractivity contribution is 5.99. The highest BCUT2D eigenvalue weighted by Gasteiger charge is 2.36. The van der Waals surface area contributed by atoms with Gasteiger partial charge in [0.15, 0.2) is 5.78 Å². The van der Waals surface area contributed by atoms with E-state index in [-0.39, 0.29) is 23.5 Å². The zero-order valence-electron chi connectivity index (χ0n) is 18.4. The van der Waals surface area contributed by atoms with Crippen LogP contribution in [0.5, 0.6) is 5.75 Å². The van der Waals surface area contributed by atoms with Crippen molar-refractivity contribution in [2.24, 2.45) is 5.92 Å². The maximum absolute atomic E-state index is 13.8. The molecule has 1 heterocycles. The van der Waals surface area contributed by atoms with Crippen LogP contribution in [0.4, 0.5) is 5.69 Å². The second-order valence-corrected chi connectivity index (χ2v) is 8.30. The lowest BCUT2D eigenvalue weighted by molar-refractivity contribution is -0.122. The summed E-state index contributed by atoms with van der Waals surface area (Å²) in [7, 11) is 1.61. The number of ketones is 1. The van der Waals surface area contributed by atoms with Crippen molar-refractivity contribution >= 4 is 17.4 Å². The molecule has 0 saturated carbocycles. The van der Waals surface area contributed by atoms with Gasteiger partial charge in [0.25, 0.3) is 0 Å². The molecule has 3 aromatic carbocycles. The molecule has 0 N–H and O–H groups in total. The van der Waals surface area contributed by atoms with Gasteiger partial charge in [-0.25, -0.2) is 0 Å². The lowest BCUT2D eigenvalue weighted by atomic mass is 9.78. The number of para-hydroxylation sites is 1. The van der Waals surface area contributed by atoms with Gasteiger partial charge in [0, 0.05) is 36.1 Å². The maximum Gasteiger partial charge on any atom is 0.230 e. The smallest absolute Gasteiger partial charge is 0.230 e. The van der Waals surface area contributed by atoms with Gasteiger partial charge in [0.1, 0.15) is 5.75 Å². The molecule has 164 valence electrons. The number of rotatable bonds is 7. The molecule has 0 spiro atoms. The van der Waals surface area contributed by atoms with Gasteiger partial charge >= 0.3 is 0 Å². The molecular formula is C28H29NO3. The van der Waals surface area contributed by atoms with Gasteiger partial charge in [-0.15, -0.1) is 0 Å². The standard InChI is InChI=1S/C28H29NO3/c1-32-24-17-15-22(16-18-24)27(30)20-26(21-10-4-2-5-11-21)25-14-8-9-19-29(28(25)31)23-12-6-3-7-13-23/h2-7,10-13,15-18,25-26H,8-9,14,19-20H2,1H3/t25-,26-/m1/s1. The Morgan fingerprint density at radius 1 is 0.938 bits per heavy atom. The molecule has 2 atom stereocenters. The van der Waals surface area contributed by atoms with Crippen molar-refractivity contribution in [3.63, 3.8) is 0 Å². The van der Waals surface area contributed by atoms with Crippen LogP contribution >= 0.6 is 0 Å². The summed E-state index contributed by atoms with van der Waals surface area (Å²) in [5, 5.41) is 0. The molecule has 0 radical (unpaired) electrons. The average molecular weight is 428 g/mol. The summed E-state index contributed by atoms with van der Waals surface area (Å²) in [5.41, 5.74) is 2.62. The maximum atomic E-state index is 13.8. The van der Waals surface area contributed by atoms with Gasteiger partial charge in [-0.3, -0.25) is 9.59 Å². The Morgan fingerprint density at radius 2 is 1.59 bits per heavy atom. The first-order valence-corrected chi connectivity index (χ1v) is 11.3. The van der Waals surface area contributed by atoms with Gasteiger partial charge in [0.2, 0.25) is 5.91 Å². The second kappa shape index (κ2) is 10.3. The third kappa shape index (κ3) is 4.91. The van der Waals surface area contributed by atoms with Crippen molar-refractivity contribution in [3.8, 4) is 5.75 Å². The Balaban J connectivity index is 1.64. The zero-order chi connectivity index (χ0) is 22.3.